The fourth-order valence-corrected chi connectivity index (χ4v) is 2.33. The highest BCUT2D eigenvalue weighted by atomic mass is 35.5. The molecule has 3 aromatic rings. The molecule has 0 saturated carbocycles. The van der Waals surface area contributed by atoms with Crippen molar-refractivity contribution in [3.05, 3.63) is 52.7 Å². The number of para-hydroxylation sites is 1. The molecule has 0 aliphatic carbocycles. The van der Waals surface area contributed by atoms with Gasteiger partial charge in [0.25, 0.3) is 0 Å². The van der Waals surface area contributed by atoms with Gasteiger partial charge in [0.15, 0.2) is 0 Å². The summed E-state index contributed by atoms with van der Waals surface area (Å²) in [5, 5.41) is 2.45. The molecule has 3 rings (SSSR count). The first-order valence-corrected chi connectivity index (χ1v) is 6.08. The maximum absolute atomic E-state index is 5.91. The quantitative estimate of drug-likeness (QED) is 0.657. The number of halogens is 1. The maximum atomic E-state index is 5.91. The van der Waals surface area contributed by atoms with E-state index < -0.39 is 0 Å². The number of furan rings is 1. The number of nitrogens with two attached hydrogens (primary N) is 1. The van der Waals surface area contributed by atoms with E-state index in [0.29, 0.717) is 0 Å². The molecule has 0 amide bonds. The third kappa shape index (κ3) is 1.66. The molecule has 3 heteroatoms. The topological polar surface area (TPSA) is 39.2 Å². The average molecular weight is 258 g/mol. The Morgan fingerprint density at radius 1 is 1.17 bits per heavy atom. The van der Waals surface area contributed by atoms with Gasteiger partial charge in [-0.25, -0.2) is 0 Å². The van der Waals surface area contributed by atoms with E-state index in [0.717, 1.165) is 33.1 Å². The lowest BCUT2D eigenvalue weighted by molar-refractivity contribution is 0.667. The molecule has 0 aliphatic rings. The summed E-state index contributed by atoms with van der Waals surface area (Å²) in [5.74, 6) is 0. The number of hydrogen-bond donors (Lipinski definition) is 1. The highest BCUT2D eigenvalue weighted by Crippen LogP contribution is 2.33. The summed E-state index contributed by atoms with van der Waals surface area (Å²) in [5.41, 5.74) is 9.30. The molecule has 90 valence electrons. The molecule has 0 spiro atoms. The van der Waals surface area contributed by atoms with Gasteiger partial charge in [-0.2, -0.15) is 0 Å². The minimum absolute atomic E-state index is 0.256. The van der Waals surface area contributed by atoms with E-state index in [1.165, 1.54) is 0 Å². The van der Waals surface area contributed by atoms with E-state index in [1.54, 1.807) is 6.08 Å². The van der Waals surface area contributed by atoms with Gasteiger partial charge >= 0.3 is 0 Å². The van der Waals surface area contributed by atoms with Gasteiger partial charge in [-0.3, -0.25) is 0 Å². The Morgan fingerprint density at radius 2 is 1.94 bits per heavy atom. The number of hydrogen-bond acceptors (Lipinski definition) is 2. The molecule has 1 aromatic heterocycles. The van der Waals surface area contributed by atoms with E-state index in [1.807, 2.05) is 31.2 Å². The van der Waals surface area contributed by atoms with E-state index >= 15 is 0 Å². The first-order chi connectivity index (χ1) is 8.66. The molecule has 0 aliphatic heterocycles. The number of fused-ring (bicyclic) bond motifs is 3. The van der Waals surface area contributed by atoms with Crippen LogP contribution in [0.2, 0.25) is 0 Å². The van der Waals surface area contributed by atoms with Crippen molar-refractivity contribution in [1.82, 2.24) is 0 Å². The molecule has 0 radical (unpaired) electrons. The normalized spacial score (nSPS) is 12.4. The highest BCUT2D eigenvalue weighted by Gasteiger charge is 2.11. The third-order valence-corrected chi connectivity index (χ3v) is 3.19. The molecule has 1 heterocycles. The molecule has 2 nitrogen and oxygen atoms in total. The van der Waals surface area contributed by atoms with Crippen LogP contribution in [0.3, 0.4) is 0 Å². The molecular weight excluding hydrogens is 246 g/mol. The van der Waals surface area contributed by atoms with Crippen molar-refractivity contribution in [2.45, 2.75) is 6.92 Å². The number of aryl methyl sites for hydroxylation is 1. The highest BCUT2D eigenvalue weighted by molar-refractivity contribution is 6.31. The molecule has 0 saturated heterocycles. The fraction of sp³-hybridized carbons (Fsp3) is 0.0667. The molecule has 18 heavy (non-hydrogen) atoms. The smallest absolute Gasteiger partial charge is 0.143 e. The zero-order chi connectivity index (χ0) is 12.7. The van der Waals surface area contributed by atoms with E-state index in [-0.39, 0.29) is 5.16 Å². The van der Waals surface area contributed by atoms with Crippen molar-refractivity contribution in [1.29, 1.82) is 0 Å². The van der Waals surface area contributed by atoms with Gasteiger partial charge in [0.05, 0.1) is 5.16 Å². The molecule has 0 fully saturated rings. The Balaban J connectivity index is 2.48. The van der Waals surface area contributed by atoms with Gasteiger partial charge in [-0.1, -0.05) is 41.9 Å². The second-order valence-electron chi connectivity index (χ2n) is 4.30. The second-order valence-corrected chi connectivity index (χ2v) is 4.74. The molecule has 0 atom stereocenters. The summed E-state index contributed by atoms with van der Waals surface area (Å²) in [7, 11) is 0. The van der Waals surface area contributed by atoms with Crippen molar-refractivity contribution >= 4 is 39.6 Å². The zero-order valence-corrected chi connectivity index (χ0v) is 10.7. The lowest BCUT2D eigenvalue weighted by Gasteiger charge is -2.01. The van der Waals surface area contributed by atoms with E-state index in [2.05, 4.69) is 12.1 Å². The molecule has 2 aromatic carbocycles. The van der Waals surface area contributed by atoms with E-state index in [9.17, 15) is 0 Å². The Morgan fingerprint density at radius 3 is 2.72 bits per heavy atom. The first-order valence-electron chi connectivity index (χ1n) is 5.70. The molecule has 0 unspecified atom stereocenters. The molecule has 0 bridgehead atoms. The summed E-state index contributed by atoms with van der Waals surface area (Å²) in [6, 6.07) is 12.1. The Labute approximate surface area is 110 Å². The Kier molecular flexibility index (Phi) is 2.53. The van der Waals surface area contributed by atoms with Crippen LogP contribution in [0.5, 0.6) is 0 Å². The average Bonchev–Trinajstić information content (AvgIpc) is 2.71. The lowest BCUT2D eigenvalue weighted by atomic mass is 10.0. The zero-order valence-electron chi connectivity index (χ0n) is 9.91. The summed E-state index contributed by atoms with van der Waals surface area (Å²) in [6.45, 7) is 2.01. The van der Waals surface area contributed by atoms with Gasteiger partial charge < -0.3 is 10.2 Å². The van der Waals surface area contributed by atoms with Crippen molar-refractivity contribution in [2.75, 3.05) is 0 Å². The molecule has 2 N–H and O–H groups in total. The van der Waals surface area contributed by atoms with Crippen molar-refractivity contribution < 1.29 is 4.42 Å². The summed E-state index contributed by atoms with van der Waals surface area (Å²) in [6.07, 6.45) is 1.74. The van der Waals surface area contributed by atoms with Crippen LogP contribution in [0, 0.1) is 6.92 Å². The number of rotatable bonds is 1. The van der Waals surface area contributed by atoms with Crippen LogP contribution in [0.25, 0.3) is 28.0 Å². The van der Waals surface area contributed by atoms with Crippen LogP contribution in [0.4, 0.5) is 0 Å². The van der Waals surface area contributed by atoms with Crippen LogP contribution < -0.4 is 5.73 Å². The SMILES string of the molecule is Cc1ccc2c(oc3ccccc32)c1/C=C(\N)Cl. The van der Waals surface area contributed by atoms with Gasteiger partial charge in [-0.15, -0.1) is 0 Å². The van der Waals surface area contributed by atoms with Crippen LogP contribution in [-0.4, -0.2) is 0 Å². The summed E-state index contributed by atoms with van der Waals surface area (Å²) in [4.78, 5) is 0. The molecular formula is C15H12ClNO. The van der Waals surface area contributed by atoms with Gasteiger partial charge in [0.1, 0.15) is 11.2 Å². The van der Waals surface area contributed by atoms with Crippen molar-refractivity contribution in [3.63, 3.8) is 0 Å². The minimum Gasteiger partial charge on any atom is -0.455 e. The predicted octanol–water partition coefficient (Wildman–Crippen LogP) is 4.39. The van der Waals surface area contributed by atoms with Crippen LogP contribution in [0.15, 0.2) is 46.0 Å². The van der Waals surface area contributed by atoms with Gasteiger partial charge in [0.2, 0.25) is 0 Å². The lowest BCUT2D eigenvalue weighted by Crippen LogP contribution is -1.89. The summed E-state index contributed by atoms with van der Waals surface area (Å²) < 4.78 is 5.91. The van der Waals surface area contributed by atoms with Gasteiger partial charge in [-0.05, 0) is 24.6 Å². The fourth-order valence-electron chi connectivity index (χ4n) is 2.23. The Hall–Kier alpha value is -1.93. The maximum Gasteiger partial charge on any atom is 0.143 e. The third-order valence-electron chi connectivity index (χ3n) is 3.09. The van der Waals surface area contributed by atoms with Crippen LogP contribution in [0.1, 0.15) is 11.1 Å². The minimum atomic E-state index is 0.256. The first kappa shape index (κ1) is 11.2. The monoisotopic (exact) mass is 257 g/mol. The van der Waals surface area contributed by atoms with Crippen LogP contribution in [-0.2, 0) is 0 Å². The van der Waals surface area contributed by atoms with Crippen LogP contribution >= 0.6 is 11.6 Å². The summed E-state index contributed by atoms with van der Waals surface area (Å²) >= 11 is 5.78. The standard InChI is InChI=1S/C15H12ClNO/c1-9-6-7-11-10-4-2-3-5-13(10)18-15(11)12(9)8-14(16)17/h2-8H,17H2,1H3/b14-8-. The Bertz CT molecular complexity index is 767. The number of benzene rings is 2. The predicted molar refractivity (Wildman–Crippen MR) is 76.5 cm³/mol. The van der Waals surface area contributed by atoms with Crippen molar-refractivity contribution in [3.8, 4) is 0 Å². The van der Waals surface area contributed by atoms with Gasteiger partial charge in [0, 0.05) is 16.3 Å². The second kappa shape index (κ2) is 4.07. The largest absolute Gasteiger partial charge is 0.455 e. The van der Waals surface area contributed by atoms with E-state index in [4.69, 9.17) is 21.8 Å². The van der Waals surface area contributed by atoms with Crippen molar-refractivity contribution in [2.24, 2.45) is 5.73 Å².